The summed E-state index contributed by atoms with van der Waals surface area (Å²) in [7, 11) is 1.75. The third kappa shape index (κ3) is 4.35. The first-order valence-electron chi connectivity index (χ1n) is 11.4. The van der Waals surface area contributed by atoms with E-state index in [0.29, 0.717) is 11.6 Å². The van der Waals surface area contributed by atoms with Crippen molar-refractivity contribution < 1.29 is 14.6 Å². The number of methoxy groups -OCH3 is 1. The van der Waals surface area contributed by atoms with Crippen LogP contribution in [0.4, 0.5) is 5.69 Å². The quantitative estimate of drug-likeness (QED) is 0.573. The first kappa shape index (κ1) is 22.3. The van der Waals surface area contributed by atoms with E-state index in [0.717, 1.165) is 67.0 Å². The van der Waals surface area contributed by atoms with E-state index in [1.54, 1.807) is 17.9 Å². The Hall–Kier alpha value is -2.93. The number of aromatic carboxylic acids is 1. The summed E-state index contributed by atoms with van der Waals surface area (Å²) in [5.41, 5.74) is 4.54. The van der Waals surface area contributed by atoms with Gasteiger partial charge in [0.1, 0.15) is 0 Å². The minimum Gasteiger partial charge on any atom is -0.477 e. The molecule has 0 bridgehead atoms. The summed E-state index contributed by atoms with van der Waals surface area (Å²) in [6.07, 6.45) is 3.20. The number of anilines is 1. The summed E-state index contributed by atoms with van der Waals surface area (Å²) in [5, 5.41) is 15.7. The van der Waals surface area contributed by atoms with Gasteiger partial charge in [-0.15, -0.1) is 0 Å². The molecule has 0 amide bonds. The van der Waals surface area contributed by atoms with Crippen LogP contribution in [0.25, 0.3) is 16.7 Å². The van der Waals surface area contributed by atoms with Crippen molar-refractivity contribution in [1.29, 1.82) is 0 Å². The molecule has 32 heavy (non-hydrogen) atoms. The van der Waals surface area contributed by atoms with Crippen molar-refractivity contribution in [2.75, 3.05) is 31.7 Å². The second kappa shape index (κ2) is 9.28. The van der Waals surface area contributed by atoms with Crippen molar-refractivity contribution >= 4 is 22.7 Å². The van der Waals surface area contributed by atoms with Gasteiger partial charge in [0, 0.05) is 26.8 Å². The number of carboxylic acid groups (broad SMARTS) is 1. The first-order chi connectivity index (χ1) is 15.4. The van der Waals surface area contributed by atoms with Crippen LogP contribution < -0.4 is 4.90 Å². The summed E-state index contributed by atoms with van der Waals surface area (Å²) < 4.78 is 7.06. The van der Waals surface area contributed by atoms with Gasteiger partial charge in [0.05, 0.1) is 22.5 Å². The second-order valence-corrected chi connectivity index (χ2v) is 9.03. The topological polar surface area (TPSA) is 80.5 Å². The Labute approximate surface area is 189 Å². The highest BCUT2D eigenvalue weighted by atomic mass is 16.5. The Bertz CT molecular complexity index is 1110. The van der Waals surface area contributed by atoms with Gasteiger partial charge in [-0.3, -0.25) is 0 Å². The van der Waals surface area contributed by atoms with E-state index < -0.39 is 5.97 Å². The lowest BCUT2D eigenvalue weighted by Crippen LogP contribution is -2.34. The maximum absolute atomic E-state index is 12.0. The summed E-state index contributed by atoms with van der Waals surface area (Å²) >= 11 is 0. The number of aryl methyl sites for hydroxylation is 1. The minimum atomic E-state index is -1.02. The SMILES string of the molecule is COCCC1CCN(c2cc(C(=O)O)nc3c2c(C(C)C)nn3-c2cccc(C)c2)CC1. The smallest absolute Gasteiger partial charge is 0.354 e. The predicted octanol–water partition coefficient (Wildman–Crippen LogP) is 4.80. The maximum Gasteiger partial charge on any atom is 0.354 e. The number of carbonyl (C=O) groups is 1. The molecule has 7 heteroatoms. The highest BCUT2D eigenvalue weighted by Gasteiger charge is 2.27. The number of ether oxygens (including phenoxy) is 1. The van der Waals surface area contributed by atoms with E-state index in [-0.39, 0.29) is 11.6 Å². The van der Waals surface area contributed by atoms with Crippen LogP contribution >= 0.6 is 0 Å². The monoisotopic (exact) mass is 436 g/mol. The molecule has 0 atom stereocenters. The molecule has 4 rings (SSSR count). The molecular formula is C25H32N4O3. The van der Waals surface area contributed by atoms with Crippen molar-refractivity contribution in [2.24, 2.45) is 5.92 Å². The van der Waals surface area contributed by atoms with Gasteiger partial charge in [-0.25, -0.2) is 14.5 Å². The van der Waals surface area contributed by atoms with Gasteiger partial charge in [0.2, 0.25) is 0 Å². The fraction of sp³-hybridized carbons (Fsp3) is 0.480. The molecule has 170 valence electrons. The molecule has 3 heterocycles. The molecule has 0 unspecified atom stereocenters. The number of pyridine rings is 1. The van der Waals surface area contributed by atoms with E-state index in [9.17, 15) is 9.90 Å². The van der Waals surface area contributed by atoms with Crippen LogP contribution in [0.15, 0.2) is 30.3 Å². The molecule has 1 N–H and O–H groups in total. The molecule has 0 saturated carbocycles. The number of piperidine rings is 1. The molecule has 7 nitrogen and oxygen atoms in total. The average Bonchev–Trinajstić information content (AvgIpc) is 3.17. The first-order valence-corrected chi connectivity index (χ1v) is 11.4. The zero-order valence-electron chi connectivity index (χ0n) is 19.3. The van der Waals surface area contributed by atoms with E-state index in [1.807, 2.05) is 31.2 Å². The number of carboxylic acids is 1. The number of hydrogen-bond acceptors (Lipinski definition) is 5. The molecule has 0 spiro atoms. The van der Waals surface area contributed by atoms with Gasteiger partial charge in [-0.1, -0.05) is 26.0 Å². The molecule has 1 saturated heterocycles. The molecule has 0 aliphatic carbocycles. The molecule has 1 aliphatic rings. The largest absolute Gasteiger partial charge is 0.477 e. The molecule has 1 aliphatic heterocycles. The van der Waals surface area contributed by atoms with Gasteiger partial charge >= 0.3 is 5.97 Å². The minimum absolute atomic E-state index is 0.0538. The lowest BCUT2D eigenvalue weighted by molar-refractivity contribution is 0.0691. The van der Waals surface area contributed by atoms with Gasteiger partial charge < -0.3 is 14.7 Å². The van der Waals surface area contributed by atoms with Crippen LogP contribution in [-0.2, 0) is 4.74 Å². The van der Waals surface area contributed by atoms with Crippen LogP contribution in [0.1, 0.15) is 60.8 Å². The summed E-state index contributed by atoms with van der Waals surface area (Å²) in [6, 6.07) is 9.79. The Morgan fingerprint density at radius 1 is 1.25 bits per heavy atom. The Morgan fingerprint density at radius 2 is 2.00 bits per heavy atom. The highest BCUT2D eigenvalue weighted by Crippen LogP contribution is 2.36. The van der Waals surface area contributed by atoms with Crippen molar-refractivity contribution in [3.05, 3.63) is 47.3 Å². The fourth-order valence-electron chi connectivity index (χ4n) is 4.57. The number of fused-ring (bicyclic) bond motifs is 1. The van der Waals surface area contributed by atoms with Crippen LogP contribution in [0.3, 0.4) is 0 Å². The Kier molecular flexibility index (Phi) is 6.46. The third-order valence-corrected chi connectivity index (χ3v) is 6.34. The van der Waals surface area contributed by atoms with Crippen molar-refractivity contribution in [3.8, 4) is 5.69 Å². The van der Waals surface area contributed by atoms with Crippen LogP contribution in [0, 0.1) is 12.8 Å². The van der Waals surface area contributed by atoms with E-state index in [2.05, 4.69) is 23.7 Å². The van der Waals surface area contributed by atoms with Gasteiger partial charge in [0.25, 0.3) is 0 Å². The summed E-state index contributed by atoms with van der Waals surface area (Å²) in [4.78, 5) is 18.8. The molecule has 1 fully saturated rings. The van der Waals surface area contributed by atoms with E-state index >= 15 is 0 Å². The Morgan fingerprint density at radius 3 is 2.62 bits per heavy atom. The van der Waals surface area contributed by atoms with Crippen LogP contribution in [0.5, 0.6) is 0 Å². The molecule has 1 aromatic carbocycles. The molecule has 2 aromatic heterocycles. The standard InChI is InChI=1S/C25H32N4O3/c1-16(2)23-22-21(28-11-8-18(9-12-28)10-13-32-4)15-20(25(30)31)26-24(22)29(27-23)19-7-5-6-17(3)14-19/h5-7,14-16,18H,8-13H2,1-4H3,(H,30,31). The zero-order valence-corrected chi connectivity index (χ0v) is 19.3. The van der Waals surface area contributed by atoms with Crippen molar-refractivity contribution in [1.82, 2.24) is 14.8 Å². The van der Waals surface area contributed by atoms with Gasteiger partial charge in [-0.2, -0.15) is 5.10 Å². The van der Waals surface area contributed by atoms with E-state index in [1.165, 1.54) is 0 Å². The van der Waals surface area contributed by atoms with Crippen LogP contribution in [0.2, 0.25) is 0 Å². The number of aromatic nitrogens is 3. The Balaban J connectivity index is 1.84. The van der Waals surface area contributed by atoms with Gasteiger partial charge in [-0.05, 0) is 61.8 Å². The lowest BCUT2D eigenvalue weighted by atomic mass is 9.93. The van der Waals surface area contributed by atoms with Crippen LogP contribution in [-0.4, -0.2) is 52.6 Å². The van der Waals surface area contributed by atoms with Gasteiger partial charge in [0.15, 0.2) is 11.3 Å². The maximum atomic E-state index is 12.0. The molecule has 3 aromatic rings. The number of rotatable bonds is 7. The van der Waals surface area contributed by atoms with E-state index in [4.69, 9.17) is 9.84 Å². The normalized spacial score (nSPS) is 15.1. The number of hydrogen-bond donors (Lipinski definition) is 1. The lowest BCUT2D eigenvalue weighted by Gasteiger charge is -2.34. The number of nitrogens with zero attached hydrogens (tertiary/aromatic N) is 4. The van der Waals surface area contributed by atoms with Crippen molar-refractivity contribution in [3.63, 3.8) is 0 Å². The average molecular weight is 437 g/mol. The zero-order chi connectivity index (χ0) is 22.8. The molecule has 0 radical (unpaired) electrons. The predicted molar refractivity (Wildman–Crippen MR) is 126 cm³/mol. The van der Waals surface area contributed by atoms with Crippen molar-refractivity contribution in [2.45, 2.75) is 46.0 Å². The summed E-state index contributed by atoms with van der Waals surface area (Å²) in [5.74, 6) is -0.202. The fourth-order valence-corrected chi connectivity index (χ4v) is 4.57. The number of benzene rings is 1. The second-order valence-electron chi connectivity index (χ2n) is 9.03. The summed E-state index contributed by atoms with van der Waals surface area (Å²) in [6.45, 7) is 8.84. The highest BCUT2D eigenvalue weighted by molar-refractivity contribution is 5.98. The third-order valence-electron chi connectivity index (χ3n) is 6.34. The molecular weight excluding hydrogens is 404 g/mol.